The second-order valence-electron chi connectivity index (χ2n) is 5.31. The van der Waals surface area contributed by atoms with Gasteiger partial charge in [-0.15, -0.1) is 0 Å². The van der Waals surface area contributed by atoms with Crippen LogP contribution >= 0.6 is 0 Å². The Morgan fingerprint density at radius 3 is 2.79 bits per heavy atom. The van der Waals surface area contributed by atoms with E-state index in [1.165, 1.54) is 0 Å². The van der Waals surface area contributed by atoms with Gasteiger partial charge in [0, 0.05) is 18.5 Å². The maximum Gasteiger partial charge on any atom is 0.308 e. The number of furan rings is 1. The fourth-order valence-electron chi connectivity index (χ4n) is 3.38. The Hall–Kier alpha value is -1.78. The molecule has 19 heavy (non-hydrogen) atoms. The average Bonchev–Trinajstić information content (AvgIpc) is 3.11. The SMILES string of the molecule is CCc1ccc(C(=O)N2C3CCC2C(C(=O)O)C3)o1. The van der Waals surface area contributed by atoms with Crippen molar-refractivity contribution in [2.24, 2.45) is 5.92 Å². The smallest absolute Gasteiger partial charge is 0.308 e. The maximum absolute atomic E-state index is 12.4. The quantitative estimate of drug-likeness (QED) is 0.904. The van der Waals surface area contributed by atoms with Crippen molar-refractivity contribution in [2.75, 3.05) is 0 Å². The molecule has 0 aromatic carbocycles. The van der Waals surface area contributed by atoms with Crippen LogP contribution in [-0.4, -0.2) is 34.0 Å². The second kappa shape index (κ2) is 4.40. The van der Waals surface area contributed by atoms with Crippen LogP contribution in [0.5, 0.6) is 0 Å². The highest BCUT2D eigenvalue weighted by Crippen LogP contribution is 2.42. The van der Waals surface area contributed by atoms with Gasteiger partial charge in [0.15, 0.2) is 5.76 Å². The topological polar surface area (TPSA) is 70.8 Å². The summed E-state index contributed by atoms with van der Waals surface area (Å²) in [5.74, 6) is -0.248. The fraction of sp³-hybridized carbons (Fsp3) is 0.571. The molecule has 0 aliphatic carbocycles. The number of fused-ring (bicyclic) bond motifs is 2. The minimum absolute atomic E-state index is 0.0637. The van der Waals surface area contributed by atoms with E-state index >= 15 is 0 Å². The van der Waals surface area contributed by atoms with Crippen molar-refractivity contribution in [1.82, 2.24) is 4.90 Å². The van der Waals surface area contributed by atoms with Gasteiger partial charge in [-0.2, -0.15) is 0 Å². The van der Waals surface area contributed by atoms with Gasteiger partial charge in [-0.3, -0.25) is 9.59 Å². The van der Waals surface area contributed by atoms with E-state index in [0.717, 1.165) is 25.0 Å². The van der Waals surface area contributed by atoms with Gasteiger partial charge in [-0.25, -0.2) is 0 Å². The largest absolute Gasteiger partial charge is 0.481 e. The molecule has 3 atom stereocenters. The number of aryl methyl sites for hydroxylation is 1. The van der Waals surface area contributed by atoms with E-state index in [9.17, 15) is 14.7 Å². The minimum Gasteiger partial charge on any atom is -0.481 e. The summed E-state index contributed by atoms with van der Waals surface area (Å²) in [4.78, 5) is 25.4. The molecule has 2 saturated heterocycles. The van der Waals surface area contributed by atoms with Crippen molar-refractivity contribution >= 4 is 11.9 Å². The van der Waals surface area contributed by atoms with Crippen molar-refractivity contribution in [3.05, 3.63) is 23.7 Å². The summed E-state index contributed by atoms with van der Waals surface area (Å²) in [5.41, 5.74) is 0. The molecule has 1 aromatic heterocycles. The van der Waals surface area contributed by atoms with E-state index in [4.69, 9.17) is 4.42 Å². The summed E-state index contributed by atoms with van der Waals surface area (Å²) in [5, 5.41) is 9.19. The van der Waals surface area contributed by atoms with Crippen LogP contribution in [0, 0.1) is 5.92 Å². The third-order valence-electron chi connectivity index (χ3n) is 4.31. The number of carbonyl (C=O) groups excluding carboxylic acids is 1. The van der Waals surface area contributed by atoms with E-state index in [1.54, 1.807) is 17.0 Å². The molecule has 5 heteroatoms. The number of carboxylic acids is 1. The molecule has 0 radical (unpaired) electrons. The molecule has 3 heterocycles. The number of nitrogens with zero attached hydrogens (tertiary/aromatic N) is 1. The third-order valence-corrected chi connectivity index (χ3v) is 4.31. The minimum atomic E-state index is -0.793. The van der Waals surface area contributed by atoms with E-state index in [0.29, 0.717) is 12.2 Å². The van der Waals surface area contributed by atoms with Crippen LogP contribution in [0.25, 0.3) is 0 Å². The number of rotatable bonds is 3. The molecule has 5 nitrogen and oxygen atoms in total. The molecule has 0 saturated carbocycles. The van der Waals surface area contributed by atoms with Gasteiger partial charge in [0.1, 0.15) is 5.76 Å². The number of carboxylic acid groups (broad SMARTS) is 1. The first kappa shape index (κ1) is 12.3. The first-order valence-corrected chi connectivity index (χ1v) is 6.76. The van der Waals surface area contributed by atoms with Crippen molar-refractivity contribution in [1.29, 1.82) is 0 Å². The van der Waals surface area contributed by atoms with Gasteiger partial charge in [-0.1, -0.05) is 6.92 Å². The number of hydrogen-bond acceptors (Lipinski definition) is 3. The average molecular weight is 263 g/mol. The Morgan fingerprint density at radius 2 is 2.21 bits per heavy atom. The number of amides is 1. The lowest BCUT2D eigenvalue weighted by Gasteiger charge is -2.21. The molecule has 2 aliphatic heterocycles. The number of hydrogen-bond donors (Lipinski definition) is 1. The lowest BCUT2D eigenvalue weighted by atomic mass is 9.89. The molecule has 102 valence electrons. The van der Waals surface area contributed by atoms with Gasteiger partial charge >= 0.3 is 5.97 Å². The molecule has 2 aliphatic rings. The van der Waals surface area contributed by atoms with Crippen molar-refractivity contribution in [2.45, 2.75) is 44.7 Å². The van der Waals surface area contributed by atoms with E-state index in [1.807, 2.05) is 6.92 Å². The molecular weight excluding hydrogens is 246 g/mol. The highest BCUT2D eigenvalue weighted by atomic mass is 16.4. The first-order valence-electron chi connectivity index (χ1n) is 6.76. The predicted molar refractivity (Wildman–Crippen MR) is 66.8 cm³/mol. The molecule has 1 aromatic rings. The first-order chi connectivity index (χ1) is 9.11. The Bertz CT molecular complexity index is 521. The zero-order valence-electron chi connectivity index (χ0n) is 10.8. The predicted octanol–water partition coefficient (Wildman–Crippen LogP) is 1.92. The van der Waals surface area contributed by atoms with Crippen molar-refractivity contribution in [3.8, 4) is 0 Å². The van der Waals surface area contributed by atoms with E-state index in [2.05, 4.69) is 0 Å². The Balaban J connectivity index is 1.83. The molecule has 1 amide bonds. The fourth-order valence-corrected chi connectivity index (χ4v) is 3.38. The highest BCUT2D eigenvalue weighted by molar-refractivity contribution is 5.93. The zero-order valence-corrected chi connectivity index (χ0v) is 10.8. The van der Waals surface area contributed by atoms with Crippen LogP contribution < -0.4 is 0 Å². The van der Waals surface area contributed by atoms with Gasteiger partial charge in [0.2, 0.25) is 0 Å². The van der Waals surface area contributed by atoms with Gasteiger partial charge in [-0.05, 0) is 31.4 Å². The standard InChI is InChI=1S/C14H17NO4/c1-2-9-4-6-12(19-9)13(16)15-8-3-5-11(15)10(7-8)14(17)18/h4,6,8,10-11H,2-3,5,7H2,1H3,(H,17,18). The van der Waals surface area contributed by atoms with Gasteiger partial charge < -0.3 is 14.4 Å². The van der Waals surface area contributed by atoms with Crippen LogP contribution in [0.15, 0.2) is 16.5 Å². The highest BCUT2D eigenvalue weighted by Gasteiger charge is 2.51. The monoisotopic (exact) mass is 263 g/mol. The van der Waals surface area contributed by atoms with Gasteiger partial charge in [0.05, 0.1) is 5.92 Å². The number of aliphatic carboxylic acids is 1. The lowest BCUT2D eigenvalue weighted by molar-refractivity contribution is -0.142. The maximum atomic E-state index is 12.4. The van der Waals surface area contributed by atoms with Crippen LogP contribution in [0.4, 0.5) is 0 Å². The van der Waals surface area contributed by atoms with Gasteiger partial charge in [0.25, 0.3) is 5.91 Å². The van der Waals surface area contributed by atoms with Crippen molar-refractivity contribution < 1.29 is 19.1 Å². The Kier molecular flexibility index (Phi) is 2.84. The van der Waals surface area contributed by atoms with Crippen LogP contribution in [0.2, 0.25) is 0 Å². The van der Waals surface area contributed by atoms with Crippen LogP contribution in [0.3, 0.4) is 0 Å². The lowest BCUT2D eigenvalue weighted by Crippen LogP contribution is -2.37. The normalized spacial score (nSPS) is 28.9. The molecule has 3 unspecified atom stereocenters. The summed E-state index contributed by atoms with van der Waals surface area (Å²) < 4.78 is 5.49. The number of carbonyl (C=O) groups is 2. The second-order valence-corrected chi connectivity index (χ2v) is 5.31. The van der Waals surface area contributed by atoms with E-state index < -0.39 is 11.9 Å². The summed E-state index contributed by atoms with van der Waals surface area (Å²) in [6.45, 7) is 1.97. The molecule has 2 bridgehead atoms. The Labute approximate surface area is 111 Å². The summed E-state index contributed by atoms with van der Waals surface area (Å²) >= 11 is 0. The summed E-state index contributed by atoms with van der Waals surface area (Å²) in [7, 11) is 0. The molecular formula is C14H17NO4. The zero-order chi connectivity index (χ0) is 13.6. The van der Waals surface area contributed by atoms with Crippen molar-refractivity contribution in [3.63, 3.8) is 0 Å². The molecule has 3 rings (SSSR count). The summed E-state index contributed by atoms with van der Waals surface area (Å²) in [6.07, 6.45) is 3.02. The van der Waals surface area contributed by atoms with E-state index in [-0.39, 0.29) is 18.0 Å². The molecule has 1 N–H and O–H groups in total. The molecule has 0 spiro atoms. The van der Waals surface area contributed by atoms with Crippen LogP contribution in [0.1, 0.15) is 42.5 Å². The van der Waals surface area contributed by atoms with Crippen LogP contribution in [-0.2, 0) is 11.2 Å². The Morgan fingerprint density at radius 1 is 1.42 bits per heavy atom. The third kappa shape index (κ3) is 1.84. The summed E-state index contributed by atoms with van der Waals surface area (Å²) in [6, 6.07) is 3.40. The molecule has 2 fully saturated rings.